The highest BCUT2D eigenvalue weighted by Crippen LogP contribution is 2.43. The van der Waals surface area contributed by atoms with Crippen LogP contribution in [0.3, 0.4) is 0 Å². The summed E-state index contributed by atoms with van der Waals surface area (Å²) in [6, 6.07) is 9.81. The molecular formula is C24H26F3N5. The van der Waals surface area contributed by atoms with Gasteiger partial charge >= 0.3 is 0 Å². The Morgan fingerprint density at radius 1 is 1.06 bits per heavy atom. The molecule has 5 nitrogen and oxygen atoms in total. The number of rotatable bonds is 5. The average Bonchev–Trinajstić information content (AvgIpc) is 2.72. The molecule has 5 rings (SSSR count). The van der Waals surface area contributed by atoms with E-state index in [1.807, 2.05) is 6.92 Å². The van der Waals surface area contributed by atoms with E-state index in [-0.39, 0.29) is 11.1 Å². The lowest BCUT2D eigenvalue weighted by Gasteiger charge is -2.63. The van der Waals surface area contributed by atoms with Crippen LogP contribution >= 0.6 is 0 Å². The predicted molar refractivity (Wildman–Crippen MR) is 120 cm³/mol. The molecule has 0 amide bonds. The lowest BCUT2D eigenvalue weighted by atomic mass is 9.77. The van der Waals surface area contributed by atoms with Crippen LogP contribution < -0.4 is 10.2 Å². The van der Waals surface area contributed by atoms with Crippen molar-refractivity contribution < 1.29 is 13.2 Å². The molecular weight excluding hydrogens is 415 g/mol. The van der Waals surface area contributed by atoms with Gasteiger partial charge in [-0.1, -0.05) is 24.3 Å². The number of alkyl halides is 2. The van der Waals surface area contributed by atoms with Crippen molar-refractivity contribution in [2.24, 2.45) is 0 Å². The van der Waals surface area contributed by atoms with Crippen molar-refractivity contribution in [1.82, 2.24) is 15.1 Å². The van der Waals surface area contributed by atoms with Crippen molar-refractivity contribution in [2.75, 3.05) is 36.9 Å². The normalized spacial score (nSPS) is 18.7. The van der Waals surface area contributed by atoms with Crippen molar-refractivity contribution in [3.05, 3.63) is 59.0 Å². The molecule has 32 heavy (non-hydrogen) atoms. The van der Waals surface area contributed by atoms with E-state index in [4.69, 9.17) is 0 Å². The van der Waals surface area contributed by atoms with E-state index in [2.05, 4.69) is 50.6 Å². The molecule has 2 fully saturated rings. The zero-order valence-electron chi connectivity index (χ0n) is 18.4. The summed E-state index contributed by atoms with van der Waals surface area (Å²) in [5.41, 5.74) is 1.74. The minimum absolute atomic E-state index is 0.175. The summed E-state index contributed by atoms with van der Waals surface area (Å²) in [5.74, 6) is -0.369. The largest absolute Gasteiger partial charge is 0.363 e. The summed E-state index contributed by atoms with van der Waals surface area (Å²) >= 11 is 0. The van der Waals surface area contributed by atoms with E-state index in [1.165, 1.54) is 18.6 Å². The number of nitrogens with zero attached hydrogens (tertiary/aromatic N) is 4. The number of fused-ring (bicyclic) bond motifs is 1. The van der Waals surface area contributed by atoms with Crippen LogP contribution in [0.4, 0.5) is 24.7 Å². The number of nitrogens with one attached hydrogen (secondary N) is 1. The number of likely N-dealkylation sites (tertiary alicyclic amines) is 1. The van der Waals surface area contributed by atoms with Crippen LogP contribution in [0.2, 0.25) is 0 Å². The van der Waals surface area contributed by atoms with Gasteiger partial charge in [0.2, 0.25) is 0 Å². The van der Waals surface area contributed by atoms with Gasteiger partial charge < -0.3 is 15.1 Å². The average molecular weight is 442 g/mol. The number of aryl methyl sites for hydroxylation is 1. The number of benzene rings is 2. The topological polar surface area (TPSA) is 44.3 Å². The molecule has 0 saturated carbocycles. The molecule has 2 aliphatic rings. The van der Waals surface area contributed by atoms with Crippen LogP contribution in [0.5, 0.6) is 0 Å². The number of halogens is 3. The second-order valence-corrected chi connectivity index (χ2v) is 9.08. The second-order valence-electron chi connectivity index (χ2n) is 9.08. The van der Waals surface area contributed by atoms with E-state index in [9.17, 15) is 13.2 Å². The number of anilines is 2. The SMILES string of the molecule is Cc1nnc(N[C@H](C)c2cccc(C(F)F)c2F)c2cc(N3CCC34CN(C)C4)ccc12. The van der Waals surface area contributed by atoms with Crippen LogP contribution in [0.15, 0.2) is 36.4 Å². The molecule has 0 radical (unpaired) electrons. The Kier molecular flexibility index (Phi) is 5.00. The summed E-state index contributed by atoms with van der Waals surface area (Å²) in [6.07, 6.45) is -1.68. The van der Waals surface area contributed by atoms with Gasteiger partial charge in [-0.2, -0.15) is 5.10 Å². The maximum absolute atomic E-state index is 14.7. The summed E-state index contributed by atoms with van der Waals surface area (Å²) < 4.78 is 41.0. The third-order valence-corrected chi connectivity index (χ3v) is 6.87. The van der Waals surface area contributed by atoms with Crippen molar-refractivity contribution >= 4 is 22.3 Å². The first-order chi connectivity index (χ1) is 15.3. The molecule has 2 saturated heterocycles. The van der Waals surface area contributed by atoms with E-state index in [0.717, 1.165) is 47.9 Å². The highest BCUT2D eigenvalue weighted by atomic mass is 19.3. The highest BCUT2D eigenvalue weighted by molar-refractivity contribution is 5.95. The van der Waals surface area contributed by atoms with Gasteiger partial charge in [0.25, 0.3) is 6.43 Å². The van der Waals surface area contributed by atoms with Gasteiger partial charge in [0.05, 0.1) is 22.8 Å². The van der Waals surface area contributed by atoms with Crippen LogP contribution in [-0.4, -0.2) is 47.3 Å². The molecule has 0 unspecified atom stereocenters. The van der Waals surface area contributed by atoms with E-state index >= 15 is 0 Å². The molecule has 1 N–H and O–H groups in total. The van der Waals surface area contributed by atoms with Crippen LogP contribution in [0.1, 0.15) is 42.6 Å². The smallest absolute Gasteiger partial charge is 0.266 e. The molecule has 2 aromatic carbocycles. The fraction of sp³-hybridized carbons (Fsp3) is 0.417. The van der Waals surface area contributed by atoms with Gasteiger partial charge in [0, 0.05) is 41.7 Å². The minimum Gasteiger partial charge on any atom is -0.363 e. The van der Waals surface area contributed by atoms with Crippen LogP contribution in [0, 0.1) is 12.7 Å². The molecule has 1 atom stereocenters. The van der Waals surface area contributed by atoms with E-state index in [1.54, 1.807) is 6.92 Å². The van der Waals surface area contributed by atoms with Crippen LogP contribution in [-0.2, 0) is 0 Å². The Morgan fingerprint density at radius 2 is 1.81 bits per heavy atom. The minimum atomic E-state index is -2.86. The van der Waals surface area contributed by atoms with E-state index in [0.29, 0.717) is 5.82 Å². The zero-order chi connectivity index (χ0) is 22.6. The fourth-order valence-electron chi connectivity index (χ4n) is 5.14. The summed E-state index contributed by atoms with van der Waals surface area (Å²) in [6.45, 7) is 6.77. The fourth-order valence-corrected chi connectivity index (χ4v) is 5.14. The standard InChI is InChI=1S/C24H26F3N5/c1-14(18-5-4-6-19(21(18)25)22(26)27)28-23-20-11-16(7-8-17(20)15(2)29-30-23)32-10-9-24(32)12-31(3)13-24/h4-8,11,14,22H,9-10,12-13H2,1-3H3,(H,28,30)/t14-/m1/s1. The number of hydrogen-bond acceptors (Lipinski definition) is 5. The molecule has 8 heteroatoms. The van der Waals surface area contributed by atoms with Crippen molar-refractivity contribution in [2.45, 2.75) is 38.3 Å². The Bertz CT molecular complexity index is 1180. The number of hydrogen-bond donors (Lipinski definition) is 1. The molecule has 0 aliphatic carbocycles. The lowest BCUT2D eigenvalue weighted by molar-refractivity contribution is 0.0469. The van der Waals surface area contributed by atoms with Gasteiger partial charge in [0.15, 0.2) is 5.82 Å². The van der Waals surface area contributed by atoms with Crippen molar-refractivity contribution in [3.63, 3.8) is 0 Å². The molecule has 3 aromatic rings. The monoisotopic (exact) mass is 441 g/mol. The first kappa shape index (κ1) is 21.0. The summed E-state index contributed by atoms with van der Waals surface area (Å²) in [5, 5.41) is 13.6. The third-order valence-electron chi connectivity index (χ3n) is 6.87. The first-order valence-corrected chi connectivity index (χ1v) is 10.9. The molecule has 3 heterocycles. The van der Waals surface area contributed by atoms with Crippen molar-refractivity contribution in [3.8, 4) is 0 Å². The maximum Gasteiger partial charge on any atom is 0.266 e. The number of likely N-dealkylation sites (N-methyl/N-ethyl adjacent to an activating group) is 1. The van der Waals surface area contributed by atoms with Crippen LogP contribution in [0.25, 0.3) is 10.8 Å². The predicted octanol–water partition coefficient (Wildman–Crippen LogP) is 5.08. The molecule has 0 bridgehead atoms. The zero-order valence-corrected chi connectivity index (χ0v) is 18.4. The third kappa shape index (κ3) is 3.28. The van der Waals surface area contributed by atoms with Gasteiger partial charge in [-0.25, -0.2) is 13.2 Å². The molecule has 168 valence electrons. The summed E-state index contributed by atoms with van der Waals surface area (Å²) in [4.78, 5) is 4.76. The number of aromatic nitrogens is 2. The molecule has 1 spiro atoms. The van der Waals surface area contributed by atoms with Gasteiger partial charge in [-0.15, -0.1) is 5.10 Å². The second kappa shape index (κ2) is 7.62. The first-order valence-electron chi connectivity index (χ1n) is 10.9. The van der Waals surface area contributed by atoms with Crippen molar-refractivity contribution in [1.29, 1.82) is 0 Å². The Hall–Kier alpha value is -2.87. The Labute approximate surface area is 185 Å². The van der Waals surface area contributed by atoms with Gasteiger partial charge in [-0.3, -0.25) is 0 Å². The van der Waals surface area contributed by atoms with Gasteiger partial charge in [0.1, 0.15) is 5.82 Å². The Balaban J connectivity index is 1.49. The Morgan fingerprint density at radius 3 is 2.47 bits per heavy atom. The maximum atomic E-state index is 14.7. The quantitative estimate of drug-likeness (QED) is 0.598. The molecule has 1 aromatic heterocycles. The summed E-state index contributed by atoms with van der Waals surface area (Å²) in [7, 11) is 2.13. The van der Waals surface area contributed by atoms with Gasteiger partial charge in [-0.05, 0) is 39.4 Å². The van der Waals surface area contributed by atoms with E-state index < -0.39 is 23.8 Å². The lowest BCUT2D eigenvalue weighted by Crippen LogP contribution is -2.76. The molecule has 2 aliphatic heterocycles. The highest BCUT2D eigenvalue weighted by Gasteiger charge is 2.52.